The van der Waals surface area contributed by atoms with Gasteiger partial charge in [0.05, 0.1) is 17.7 Å². The Hall–Kier alpha value is -2.32. The van der Waals surface area contributed by atoms with E-state index in [1.807, 2.05) is 25.1 Å². The number of amides is 3. The van der Waals surface area contributed by atoms with Crippen molar-refractivity contribution in [3.8, 4) is 0 Å². The van der Waals surface area contributed by atoms with Crippen LogP contribution in [0.5, 0.6) is 0 Å². The molecule has 29 heavy (non-hydrogen) atoms. The number of nitrogens with one attached hydrogen (secondary N) is 2. The highest BCUT2D eigenvalue weighted by atomic mass is 32.2. The van der Waals surface area contributed by atoms with Crippen LogP contribution in [0.3, 0.4) is 0 Å². The lowest BCUT2D eigenvalue weighted by Gasteiger charge is -2.13. The number of thiophene rings is 1. The van der Waals surface area contributed by atoms with Crippen LogP contribution in [0.1, 0.15) is 57.8 Å². The van der Waals surface area contributed by atoms with Crippen LogP contribution >= 0.6 is 23.1 Å². The Balaban J connectivity index is 1.91. The molecule has 2 aromatic rings. The summed E-state index contributed by atoms with van der Waals surface area (Å²) in [5.74, 6) is 0.0600. The van der Waals surface area contributed by atoms with Gasteiger partial charge in [-0.1, -0.05) is 19.1 Å². The van der Waals surface area contributed by atoms with Gasteiger partial charge in [0.15, 0.2) is 0 Å². The summed E-state index contributed by atoms with van der Waals surface area (Å²) < 4.78 is 4.83. The molecule has 8 heteroatoms. The number of aryl methyl sites for hydroxylation is 1. The monoisotopic (exact) mass is 432 g/mol. The van der Waals surface area contributed by atoms with Gasteiger partial charge in [0.1, 0.15) is 5.00 Å². The molecular weight excluding hydrogens is 408 g/mol. The zero-order valence-corrected chi connectivity index (χ0v) is 18.1. The van der Waals surface area contributed by atoms with E-state index in [0.29, 0.717) is 16.1 Å². The first kappa shape index (κ1) is 21.4. The molecule has 0 saturated heterocycles. The third-order valence-electron chi connectivity index (χ3n) is 4.55. The van der Waals surface area contributed by atoms with Crippen molar-refractivity contribution in [2.45, 2.75) is 44.4 Å². The predicted molar refractivity (Wildman–Crippen MR) is 116 cm³/mol. The molecule has 0 aliphatic heterocycles. The van der Waals surface area contributed by atoms with Gasteiger partial charge in [0.25, 0.3) is 11.8 Å². The summed E-state index contributed by atoms with van der Waals surface area (Å²) in [5, 5.41) is 5.68. The summed E-state index contributed by atoms with van der Waals surface area (Å²) in [5.41, 5.74) is 1.88. The molecule has 1 aliphatic rings. The minimum absolute atomic E-state index is 0.177. The molecule has 1 heterocycles. The first-order valence-electron chi connectivity index (χ1n) is 9.70. The molecule has 0 radical (unpaired) electrons. The Morgan fingerprint density at radius 3 is 2.62 bits per heavy atom. The summed E-state index contributed by atoms with van der Waals surface area (Å²) in [6.45, 7) is 3.88. The topological polar surface area (TPSA) is 84.5 Å². The van der Waals surface area contributed by atoms with Crippen molar-refractivity contribution in [1.29, 1.82) is 0 Å². The Kier molecular flexibility index (Phi) is 7.33. The zero-order valence-electron chi connectivity index (χ0n) is 16.5. The molecular formula is C21H24N2O4S2. The van der Waals surface area contributed by atoms with Crippen molar-refractivity contribution in [2.24, 2.45) is 0 Å². The van der Waals surface area contributed by atoms with Crippen LogP contribution in [-0.4, -0.2) is 30.3 Å². The van der Waals surface area contributed by atoms with Crippen molar-refractivity contribution in [1.82, 2.24) is 5.32 Å². The molecule has 1 aliphatic carbocycles. The van der Waals surface area contributed by atoms with Crippen LogP contribution in [-0.2, 0) is 17.6 Å². The lowest BCUT2D eigenvalue weighted by molar-refractivity contribution is 0.0925. The van der Waals surface area contributed by atoms with E-state index in [2.05, 4.69) is 10.6 Å². The maximum Gasteiger partial charge on any atom is 0.414 e. The molecule has 0 atom stereocenters. The average Bonchev–Trinajstić information content (AvgIpc) is 3.06. The number of ether oxygens (including phenoxy) is 1. The zero-order chi connectivity index (χ0) is 20.8. The maximum absolute atomic E-state index is 13.0. The van der Waals surface area contributed by atoms with Crippen LogP contribution in [0.2, 0.25) is 0 Å². The Bertz CT molecular complexity index is 923. The third-order valence-corrected chi connectivity index (χ3v) is 6.71. The van der Waals surface area contributed by atoms with Gasteiger partial charge in [-0.05, 0) is 56.1 Å². The summed E-state index contributed by atoms with van der Waals surface area (Å²) in [6.07, 6.45) is 2.88. The van der Waals surface area contributed by atoms with Crippen molar-refractivity contribution < 1.29 is 19.1 Å². The quantitative estimate of drug-likeness (QED) is 0.636. The van der Waals surface area contributed by atoms with Crippen LogP contribution in [0, 0.1) is 0 Å². The number of carbonyl (C=O) groups is 3. The number of hydrogen-bond donors (Lipinski definition) is 2. The second-order valence-electron chi connectivity index (χ2n) is 6.47. The summed E-state index contributed by atoms with van der Waals surface area (Å²) in [6, 6.07) is 7.41. The molecule has 0 saturated carbocycles. The lowest BCUT2D eigenvalue weighted by atomic mass is 9.95. The molecule has 3 amide bonds. The third kappa shape index (κ3) is 5.00. The molecule has 3 rings (SSSR count). The molecule has 0 bridgehead atoms. The smallest absolute Gasteiger partial charge is 0.414 e. The van der Waals surface area contributed by atoms with Crippen LogP contribution in [0.15, 0.2) is 29.2 Å². The number of imide groups is 1. The predicted octanol–water partition coefficient (Wildman–Crippen LogP) is 4.88. The van der Waals surface area contributed by atoms with Crippen molar-refractivity contribution in [3.63, 3.8) is 0 Å². The first-order chi connectivity index (χ1) is 14.0. The van der Waals surface area contributed by atoms with E-state index in [1.165, 1.54) is 11.3 Å². The number of benzene rings is 1. The number of hydrogen-bond acceptors (Lipinski definition) is 6. The fourth-order valence-electron chi connectivity index (χ4n) is 3.32. The number of rotatable bonds is 6. The van der Waals surface area contributed by atoms with Gasteiger partial charge in [-0.2, -0.15) is 0 Å². The number of carbonyl (C=O) groups excluding carboxylic acids is 3. The van der Waals surface area contributed by atoms with E-state index >= 15 is 0 Å². The number of alkyl carbamates (subject to hydrolysis) is 1. The SMILES string of the molecule is CCOC(=O)NC(=O)c1c(NC(=O)c2ccccc2SCC)sc2c1CCCC2. The minimum atomic E-state index is -0.782. The standard InChI is InChI=1S/C21H24N2O4S2/c1-3-27-21(26)23-19(25)17-13-9-5-8-12-16(13)29-20(17)22-18(24)14-10-6-7-11-15(14)28-4-2/h6-7,10-11H,3-5,8-9,12H2,1-2H3,(H,22,24)(H,23,25,26). The van der Waals surface area contributed by atoms with E-state index in [1.54, 1.807) is 24.8 Å². The lowest BCUT2D eigenvalue weighted by Crippen LogP contribution is -2.32. The Labute approximate surface area is 178 Å². The van der Waals surface area contributed by atoms with E-state index in [-0.39, 0.29) is 12.5 Å². The van der Waals surface area contributed by atoms with Crippen LogP contribution < -0.4 is 10.6 Å². The summed E-state index contributed by atoms with van der Waals surface area (Å²) in [4.78, 5) is 39.5. The molecule has 0 unspecified atom stereocenters. The second kappa shape index (κ2) is 9.93. The number of fused-ring (bicyclic) bond motifs is 1. The normalized spacial score (nSPS) is 12.8. The molecule has 0 spiro atoms. The van der Waals surface area contributed by atoms with E-state index in [0.717, 1.165) is 46.8 Å². The van der Waals surface area contributed by atoms with Crippen molar-refractivity contribution in [3.05, 3.63) is 45.8 Å². The van der Waals surface area contributed by atoms with Crippen LogP contribution in [0.25, 0.3) is 0 Å². The van der Waals surface area contributed by atoms with E-state index in [9.17, 15) is 14.4 Å². The fourth-order valence-corrected chi connectivity index (χ4v) is 5.41. The van der Waals surface area contributed by atoms with Crippen molar-refractivity contribution >= 4 is 46.0 Å². The van der Waals surface area contributed by atoms with Gasteiger partial charge in [-0.15, -0.1) is 23.1 Å². The largest absolute Gasteiger partial charge is 0.450 e. The number of anilines is 1. The first-order valence-corrected chi connectivity index (χ1v) is 11.5. The van der Waals surface area contributed by atoms with Gasteiger partial charge in [0, 0.05) is 9.77 Å². The van der Waals surface area contributed by atoms with Gasteiger partial charge >= 0.3 is 6.09 Å². The van der Waals surface area contributed by atoms with E-state index < -0.39 is 12.0 Å². The van der Waals surface area contributed by atoms with Gasteiger partial charge in [0.2, 0.25) is 0 Å². The molecule has 1 aromatic carbocycles. The minimum Gasteiger partial charge on any atom is -0.450 e. The summed E-state index contributed by atoms with van der Waals surface area (Å²) >= 11 is 3.02. The Morgan fingerprint density at radius 1 is 1.10 bits per heavy atom. The van der Waals surface area contributed by atoms with Gasteiger partial charge < -0.3 is 10.1 Å². The molecule has 6 nitrogen and oxygen atoms in total. The van der Waals surface area contributed by atoms with E-state index in [4.69, 9.17) is 4.74 Å². The average molecular weight is 433 g/mol. The van der Waals surface area contributed by atoms with Gasteiger partial charge in [-0.3, -0.25) is 14.9 Å². The number of thioether (sulfide) groups is 1. The highest BCUT2D eigenvalue weighted by Gasteiger charge is 2.28. The molecule has 1 aromatic heterocycles. The molecule has 154 valence electrons. The highest BCUT2D eigenvalue weighted by Crippen LogP contribution is 2.38. The maximum atomic E-state index is 13.0. The van der Waals surface area contributed by atoms with Gasteiger partial charge in [-0.25, -0.2) is 4.79 Å². The Morgan fingerprint density at radius 2 is 1.86 bits per heavy atom. The van der Waals surface area contributed by atoms with Crippen LogP contribution in [0.4, 0.5) is 9.80 Å². The summed E-state index contributed by atoms with van der Waals surface area (Å²) in [7, 11) is 0. The highest BCUT2D eigenvalue weighted by molar-refractivity contribution is 7.99. The fraction of sp³-hybridized carbons (Fsp3) is 0.381. The van der Waals surface area contributed by atoms with Crippen molar-refractivity contribution in [2.75, 3.05) is 17.7 Å². The second-order valence-corrected chi connectivity index (χ2v) is 8.88. The molecule has 2 N–H and O–H groups in total. The molecule has 0 fully saturated rings.